The summed E-state index contributed by atoms with van der Waals surface area (Å²) in [7, 11) is 0. The third kappa shape index (κ3) is 2.42. The van der Waals surface area contributed by atoms with Crippen molar-refractivity contribution >= 4 is 11.6 Å². The van der Waals surface area contributed by atoms with Gasteiger partial charge in [-0.05, 0) is 30.5 Å². The van der Waals surface area contributed by atoms with Gasteiger partial charge in [0, 0.05) is 19.0 Å². The first kappa shape index (κ1) is 10.7. The van der Waals surface area contributed by atoms with Crippen LogP contribution in [0.3, 0.4) is 0 Å². The summed E-state index contributed by atoms with van der Waals surface area (Å²) in [4.78, 5) is 27.3. The van der Waals surface area contributed by atoms with Crippen molar-refractivity contribution < 1.29 is 9.59 Å². The Hall–Kier alpha value is -1.77. The van der Waals surface area contributed by atoms with Crippen molar-refractivity contribution in [3.63, 3.8) is 0 Å². The number of nitrogens with zero attached hydrogens (tertiary/aromatic N) is 1. The molecule has 0 saturated heterocycles. The van der Waals surface area contributed by atoms with Gasteiger partial charge in [-0.15, -0.1) is 0 Å². The molecule has 0 bridgehead atoms. The molecule has 3 nitrogen and oxygen atoms in total. The molecular weight excluding hydrogens is 202 g/mol. The van der Waals surface area contributed by atoms with E-state index in [1.807, 2.05) is 6.08 Å². The fourth-order valence-corrected chi connectivity index (χ4v) is 1.78. The molecule has 0 N–H and O–H groups in total. The SMILES string of the molecule is O=C1CCCC=C1CC(=O)c1ccccn1. The number of aromatic nitrogens is 1. The molecule has 1 aliphatic carbocycles. The molecule has 16 heavy (non-hydrogen) atoms. The van der Waals surface area contributed by atoms with Crippen LogP contribution < -0.4 is 0 Å². The molecule has 0 aliphatic heterocycles. The molecule has 0 atom stereocenters. The zero-order valence-corrected chi connectivity index (χ0v) is 8.98. The van der Waals surface area contributed by atoms with Crippen molar-refractivity contribution in [2.75, 3.05) is 0 Å². The van der Waals surface area contributed by atoms with E-state index < -0.39 is 0 Å². The van der Waals surface area contributed by atoms with Crippen LogP contribution in [0, 0.1) is 0 Å². The summed E-state index contributed by atoms with van der Waals surface area (Å²) in [6.07, 6.45) is 6.03. The smallest absolute Gasteiger partial charge is 0.185 e. The summed E-state index contributed by atoms with van der Waals surface area (Å²) in [5, 5.41) is 0. The normalized spacial score (nSPS) is 15.8. The summed E-state index contributed by atoms with van der Waals surface area (Å²) >= 11 is 0. The second-order valence-corrected chi connectivity index (χ2v) is 3.86. The van der Waals surface area contributed by atoms with Gasteiger partial charge in [-0.2, -0.15) is 0 Å². The van der Waals surface area contributed by atoms with Gasteiger partial charge in [-0.3, -0.25) is 14.6 Å². The molecule has 82 valence electrons. The maximum Gasteiger partial charge on any atom is 0.185 e. The van der Waals surface area contributed by atoms with E-state index in [-0.39, 0.29) is 18.0 Å². The molecule has 2 rings (SSSR count). The number of carbonyl (C=O) groups is 2. The van der Waals surface area contributed by atoms with E-state index in [1.165, 1.54) is 0 Å². The fourth-order valence-electron chi connectivity index (χ4n) is 1.78. The monoisotopic (exact) mass is 215 g/mol. The largest absolute Gasteiger partial charge is 0.295 e. The number of hydrogen-bond donors (Lipinski definition) is 0. The Morgan fingerprint density at radius 3 is 2.94 bits per heavy atom. The lowest BCUT2D eigenvalue weighted by Crippen LogP contribution is -2.12. The minimum absolute atomic E-state index is 0.0814. The van der Waals surface area contributed by atoms with E-state index in [0.29, 0.717) is 17.7 Å². The van der Waals surface area contributed by atoms with Crippen molar-refractivity contribution in [3.05, 3.63) is 41.7 Å². The Kier molecular flexibility index (Phi) is 3.25. The zero-order valence-electron chi connectivity index (χ0n) is 8.98. The molecular formula is C13H13NO2. The van der Waals surface area contributed by atoms with E-state index in [4.69, 9.17) is 0 Å². The second-order valence-electron chi connectivity index (χ2n) is 3.86. The van der Waals surface area contributed by atoms with Gasteiger partial charge in [0.15, 0.2) is 11.6 Å². The van der Waals surface area contributed by atoms with Gasteiger partial charge in [-0.1, -0.05) is 12.1 Å². The van der Waals surface area contributed by atoms with Crippen LogP contribution in [0.1, 0.15) is 36.2 Å². The zero-order chi connectivity index (χ0) is 11.4. The van der Waals surface area contributed by atoms with Crippen molar-refractivity contribution in [2.45, 2.75) is 25.7 Å². The molecule has 1 aromatic rings. The Bertz CT molecular complexity index is 435. The van der Waals surface area contributed by atoms with E-state index in [0.717, 1.165) is 12.8 Å². The molecule has 0 aromatic carbocycles. The van der Waals surface area contributed by atoms with E-state index in [2.05, 4.69) is 4.98 Å². The molecule has 0 fully saturated rings. The van der Waals surface area contributed by atoms with Crippen molar-refractivity contribution in [1.29, 1.82) is 0 Å². The first-order chi connectivity index (χ1) is 7.77. The molecule has 1 aliphatic rings. The van der Waals surface area contributed by atoms with Crippen LogP contribution in [-0.4, -0.2) is 16.6 Å². The summed E-state index contributed by atoms with van der Waals surface area (Å²) in [5.74, 6) is 0.0256. The van der Waals surface area contributed by atoms with E-state index in [1.54, 1.807) is 24.4 Å². The van der Waals surface area contributed by atoms with Crippen molar-refractivity contribution in [2.24, 2.45) is 0 Å². The average molecular weight is 215 g/mol. The molecule has 1 heterocycles. The Morgan fingerprint density at radius 1 is 1.38 bits per heavy atom. The highest BCUT2D eigenvalue weighted by Crippen LogP contribution is 2.18. The third-order valence-corrected chi connectivity index (χ3v) is 2.66. The Morgan fingerprint density at radius 2 is 2.25 bits per heavy atom. The van der Waals surface area contributed by atoms with Crippen LogP contribution in [-0.2, 0) is 4.79 Å². The lowest BCUT2D eigenvalue weighted by molar-refractivity contribution is -0.116. The Labute approximate surface area is 94.2 Å². The predicted octanol–water partition coefficient (Wildman–Crippen LogP) is 2.33. The molecule has 0 radical (unpaired) electrons. The number of Topliss-reactive ketones (excluding diaryl/α,β-unsaturated/α-hetero) is 2. The topological polar surface area (TPSA) is 47.0 Å². The quantitative estimate of drug-likeness (QED) is 0.727. The first-order valence-electron chi connectivity index (χ1n) is 5.44. The number of hydrogen-bond acceptors (Lipinski definition) is 3. The van der Waals surface area contributed by atoms with Gasteiger partial charge in [-0.25, -0.2) is 0 Å². The summed E-state index contributed by atoms with van der Waals surface area (Å²) in [6, 6.07) is 5.22. The Balaban J connectivity index is 2.08. The minimum atomic E-state index is -0.0814. The predicted molar refractivity (Wildman–Crippen MR) is 60.1 cm³/mol. The van der Waals surface area contributed by atoms with Gasteiger partial charge in [0.2, 0.25) is 0 Å². The van der Waals surface area contributed by atoms with Crippen molar-refractivity contribution in [3.8, 4) is 0 Å². The fraction of sp³-hybridized carbons (Fsp3) is 0.308. The number of pyridine rings is 1. The van der Waals surface area contributed by atoms with Gasteiger partial charge in [0.1, 0.15) is 5.69 Å². The van der Waals surface area contributed by atoms with Crippen LogP contribution in [0.2, 0.25) is 0 Å². The highest BCUT2D eigenvalue weighted by molar-refractivity contribution is 6.05. The first-order valence-corrected chi connectivity index (χ1v) is 5.44. The van der Waals surface area contributed by atoms with Gasteiger partial charge >= 0.3 is 0 Å². The van der Waals surface area contributed by atoms with Crippen LogP contribution >= 0.6 is 0 Å². The number of allylic oxidation sites excluding steroid dienone is 2. The minimum Gasteiger partial charge on any atom is -0.295 e. The van der Waals surface area contributed by atoms with Gasteiger partial charge in [0.05, 0.1) is 0 Å². The van der Waals surface area contributed by atoms with E-state index in [9.17, 15) is 9.59 Å². The molecule has 0 spiro atoms. The van der Waals surface area contributed by atoms with Crippen LogP contribution in [0.4, 0.5) is 0 Å². The van der Waals surface area contributed by atoms with E-state index >= 15 is 0 Å². The number of rotatable bonds is 3. The lowest BCUT2D eigenvalue weighted by Gasteiger charge is -2.10. The second kappa shape index (κ2) is 4.84. The highest BCUT2D eigenvalue weighted by Gasteiger charge is 2.17. The highest BCUT2D eigenvalue weighted by atomic mass is 16.1. The van der Waals surface area contributed by atoms with Crippen LogP contribution in [0.15, 0.2) is 36.0 Å². The number of carbonyl (C=O) groups excluding carboxylic acids is 2. The summed E-state index contributed by atoms with van der Waals surface area (Å²) in [5.41, 5.74) is 1.09. The van der Waals surface area contributed by atoms with Crippen molar-refractivity contribution in [1.82, 2.24) is 4.98 Å². The molecule has 0 unspecified atom stereocenters. The average Bonchev–Trinajstić information content (AvgIpc) is 2.33. The van der Waals surface area contributed by atoms with Gasteiger partial charge in [0.25, 0.3) is 0 Å². The van der Waals surface area contributed by atoms with Gasteiger partial charge < -0.3 is 0 Å². The molecule has 1 aromatic heterocycles. The van der Waals surface area contributed by atoms with Crippen LogP contribution in [0.25, 0.3) is 0 Å². The van der Waals surface area contributed by atoms with Crippen LogP contribution in [0.5, 0.6) is 0 Å². The maximum atomic E-state index is 11.8. The molecule has 0 amide bonds. The maximum absolute atomic E-state index is 11.8. The lowest BCUT2D eigenvalue weighted by atomic mass is 9.93. The molecule has 0 saturated carbocycles. The number of ketones is 2. The molecule has 3 heteroatoms. The summed E-state index contributed by atoms with van der Waals surface area (Å²) in [6.45, 7) is 0. The standard InChI is InChI=1S/C13H13NO2/c15-12-7-2-1-5-10(12)9-13(16)11-6-3-4-8-14-11/h3-6,8H,1-2,7,9H2. The third-order valence-electron chi connectivity index (χ3n) is 2.66. The summed E-state index contributed by atoms with van der Waals surface area (Å²) < 4.78 is 0.